The molecule has 0 atom stereocenters. The SMILES string of the molecule is CC(C)c1onc(C2CCCCCCC2)c1C(=O)O. The molecule has 106 valence electrons. The van der Waals surface area contributed by atoms with Crippen LogP contribution in [0, 0.1) is 0 Å². The quantitative estimate of drug-likeness (QED) is 0.883. The van der Waals surface area contributed by atoms with E-state index in [0.29, 0.717) is 17.0 Å². The van der Waals surface area contributed by atoms with E-state index in [9.17, 15) is 9.90 Å². The average Bonchev–Trinajstić information content (AvgIpc) is 2.73. The van der Waals surface area contributed by atoms with Crippen molar-refractivity contribution in [2.24, 2.45) is 0 Å². The molecule has 0 aromatic carbocycles. The predicted octanol–water partition coefficient (Wildman–Crippen LogP) is 4.32. The van der Waals surface area contributed by atoms with Crippen LogP contribution in [0.2, 0.25) is 0 Å². The summed E-state index contributed by atoms with van der Waals surface area (Å²) >= 11 is 0. The molecule has 2 rings (SSSR count). The van der Waals surface area contributed by atoms with Gasteiger partial charge in [0, 0.05) is 11.8 Å². The maximum atomic E-state index is 11.5. The van der Waals surface area contributed by atoms with E-state index >= 15 is 0 Å². The van der Waals surface area contributed by atoms with Gasteiger partial charge in [0.05, 0.1) is 0 Å². The van der Waals surface area contributed by atoms with Crippen LogP contribution in [0.4, 0.5) is 0 Å². The summed E-state index contributed by atoms with van der Waals surface area (Å²) < 4.78 is 5.31. The standard InChI is InChI=1S/C15H23NO3/c1-10(2)14-12(15(17)18)13(16-19-14)11-8-6-4-3-5-7-9-11/h10-11H,3-9H2,1-2H3,(H,17,18). The largest absolute Gasteiger partial charge is 0.477 e. The number of aromatic nitrogens is 1. The maximum absolute atomic E-state index is 11.5. The van der Waals surface area contributed by atoms with Crippen molar-refractivity contribution in [3.05, 3.63) is 17.0 Å². The minimum absolute atomic E-state index is 0.0564. The Hall–Kier alpha value is -1.32. The van der Waals surface area contributed by atoms with Gasteiger partial charge >= 0.3 is 5.97 Å². The van der Waals surface area contributed by atoms with E-state index in [1.807, 2.05) is 13.8 Å². The summed E-state index contributed by atoms with van der Waals surface area (Å²) in [5, 5.41) is 13.5. The lowest BCUT2D eigenvalue weighted by Gasteiger charge is -2.18. The molecule has 1 aromatic rings. The third-order valence-electron chi connectivity index (χ3n) is 3.97. The highest BCUT2D eigenvalue weighted by Gasteiger charge is 2.29. The Balaban J connectivity index is 2.29. The molecule has 1 heterocycles. The molecule has 1 aliphatic carbocycles. The topological polar surface area (TPSA) is 63.3 Å². The van der Waals surface area contributed by atoms with E-state index in [1.165, 1.54) is 19.3 Å². The number of nitrogens with zero attached hydrogens (tertiary/aromatic N) is 1. The first-order valence-electron chi connectivity index (χ1n) is 7.34. The molecule has 0 aliphatic heterocycles. The average molecular weight is 265 g/mol. The highest BCUT2D eigenvalue weighted by atomic mass is 16.5. The molecule has 0 radical (unpaired) electrons. The summed E-state index contributed by atoms with van der Waals surface area (Å²) in [6.45, 7) is 3.88. The summed E-state index contributed by atoms with van der Waals surface area (Å²) in [4.78, 5) is 11.5. The van der Waals surface area contributed by atoms with Gasteiger partial charge in [-0.05, 0) is 12.8 Å². The van der Waals surface area contributed by atoms with Gasteiger partial charge in [-0.3, -0.25) is 0 Å². The number of carboxylic acid groups (broad SMARTS) is 1. The van der Waals surface area contributed by atoms with E-state index in [-0.39, 0.29) is 11.8 Å². The molecule has 0 amide bonds. The zero-order valence-corrected chi connectivity index (χ0v) is 11.8. The van der Waals surface area contributed by atoms with Crippen molar-refractivity contribution in [2.75, 3.05) is 0 Å². The normalized spacial score (nSPS) is 18.3. The molecular formula is C15H23NO3. The van der Waals surface area contributed by atoms with Crippen molar-refractivity contribution in [3.63, 3.8) is 0 Å². The highest BCUT2D eigenvalue weighted by Crippen LogP contribution is 2.35. The maximum Gasteiger partial charge on any atom is 0.341 e. The summed E-state index contributed by atoms with van der Waals surface area (Å²) in [7, 11) is 0. The first-order valence-corrected chi connectivity index (χ1v) is 7.34. The van der Waals surface area contributed by atoms with E-state index in [1.54, 1.807) is 0 Å². The van der Waals surface area contributed by atoms with Gasteiger partial charge in [0.15, 0.2) is 5.76 Å². The van der Waals surface area contributed by atoms with Crippen molar-refractivity contribution in [2.45, 2.75) is 70.6 Å². The van der Waals surface area contributed by atoms with E-state index in [4.69, 9.17) is 4.52 Å². The van der Waals surface area contributed by atoms with Crippen LogP contribution in [0.5, 0.6) is 0 Å². The molecule has 1 N–H and O–H groups in total. The first kappa shape index (κ1) is 14.1. The molecule has 0 spiro atoms. The second kappa shape index (κ2) is 6.22. The van der Waals surface area contributed by atoms with Gasteiger partial charge in [-0.1, -0.05) is 51.1 Å². The van der Waals surface area contributed by atoms with E-state index in [0.717, 1.165) is 25.7 Å². The highest BCUT2D eigenvalue weighted by molar-refractivity contribution is 5.90. The van der Waals surface area contributed by atoms with E-state index < -0.39 is 5.97 Å². The molecule has 0 saturated heterocycles. The third-order valence-corrected chi connectivity index (χ3v) is 3.97. The number of hydrogen-bond donors (Lipinski definition) is 1. The lowest BCUT2D eigenvalue weighted by atomic mass is 9.86. The van der Waals surface area contributed by atoms with Crippen LogP contribution in [0.3, 0.4) is 0 Å². The van der Waals surface area contributed by atoms with Crippen molar-refractivity contribution >= 4 is 5.97 Å². The van der Waals surface area contributed by atoms with Crippen LogP contribution in [-0.2, 0) is 0 Å². The number of hydrogen-bond acceptors (Lipinski definition) is 3. The van der Waals surface area contributed by atoms with Crippen LogP contribution in [0.15, 0.2) is 4.52 Å². The van der Waals surface area contributed by atoms with Crippen LogP contribution in [0.1, 0.15) is 92.4 Å². The van der Waals surface area contributed by atoms with Crippen LogP contribution in [-0.4, -0.2) is 16.2 Å². The Morgan fingerprint density at radius 2 is 1.79 bits per heavy atom. The van der Waals surface area contributed by atoms with Gasteiger partial charge in [0.2, 0.25) is 0 Å². The van der Waals surface area contributed by atoms with Gasteiger partial charge in [0.1, 0.15) is 11.3 Å². The fraction of sp³-hybridized carbons (Fsp3) is 0.733. The van der Waals surface area contributed by atoms with Crippen molar-refractivity contribution in [1.82, 2.24) is 5.16 Å². The molecule has 19 heavy (non-hydrogen) atoms. The van der Waals surface area contributed by atoms with Crippen LogP contribution in [0.25, 0.3) is 0 Å². The molecule has 1 fully saturated rings. The van der Waals surface area contributed by atoms with Gasteiger partial charge in [-0.2, -0.15) is 0 Å². The Bertz CT molecular complexity index is 429. The van der Waals surface area contributed by atoms with E-state index in [2.05, 4.69) is 5.16 Å². The Kier molecular flexibility index (Phi) is 4.61. The molecule has 0 unspecified atom stereocenters. The van der Waals surface area contributed by atoms with Gasteiger partial charge in [-0.15, -0.1) is 0 Å². The molecule has 0 bridgehead atoms. The van der Waals surface area contributed by atoms with Gasteiger partial charge < -0.3 is 9.63 Å². The second-order valence-corrected chi connectivity index (χ2v) is 5.81. The summed E-state index contributed by atoms with van der Waals surface area (Å²) in [6.07, 6.45) is 8.17. The lowest BCUT2D eigenvalue weighted by molar-refractivity contribution is 0.0692. The molecule has 1 aliphatic rings. The summed E-state index contributed by atoms with van der Waals surface area (Å²) in [5.74, 6) is -0.0740. The summed E-state index contributed by atoms with van der Waals surface area (Å²) in [6, 6.07) is 0. The van der Waals surface area contributed by atoms with Crippen molar-refractivity contribution < 1.29 is 14.4 Å². The Morgan fingerprint density at radius 3 is 2.32 bits per heavy atom. The zero-order valence-electron chi connectivity index (χ0n) is 11.8. The third kappa shape index (κ3) is 3.17. The Morgan fingerprint density at radius 1 is 1.21 bits per heavy atom. The van der Waals surface area contributed by atoms with Gasteiger partial charge in [-0.25, -0.2) is 4.79 Å². The minimum atomic E-state index is -0.901. The smallest absolute Gasteiger partial charge is 0.341 e. The zero-order chi connectivity index (χ0) is 13.8. The second-order valence-electron chi connectivity index (χ2n) is 5.81. The van der Waals surface area contributed by atoms with Crippen molar-refractivity contribution in [3.8, 4) is 0 Å². The number of aromatic carboxylic acids is 1. The fourth-order valence-corrected chi connectivity index (χ4v) is 2.93. The molecule has 1 saturated carbocycles. The monoisotopic (exact) mass is 265 g/mol. The van der Waals surface area contributed by atoms with Crippen LogP contribution < -0.4 is 0 Å². The molecule has 4 nitrogen and oxygen atoms in total. The number of carboxylic acids is 1. The predicted molar refractivity (Wildman–Crippen MR) is 72.6 cm³/mol. The minimum Gasteiger partial charge on any atom is -0.477 e. The fourth-order valence-electron chi connectivity index (χ4n) is 2.93. The van der Waals surface area contributed by atoms with Crippen molar-refractivity contribution in [1.29, 1.82) is 0 Å². The lowest BCUT2D eigenvalue weighted by Crippen LogP contribution is -2.10. The first-order chi connectivity index (χ1) is 9.11. The molecule has 1 aromatic heterocycles. The summed E-state index contributed by atoms with van der Waals surface area (Å²) in [5.41, 5.74) is 0.999. The molecular weight excluding hydrogens is 242 g/mol. The number of rotatable bonds is 3. The van der Waals surface area contributed by atoms with Crippen LogP contribution >= 0.6 is 0 Å². The van der Waals surface area contributed by atoms with Gasteiger partial charge in [0.25, 0.3) is 0 Å². The molecule has 4 heteroatoms. The number of carbonyl (C=O) groups is 1. The Labute approximate surface area is 114 Å².